The van der Waals surface area contributed by atoms with Crippen molar-refractivity contribution < 1.29 is 9.59 Å². The predicted octanol–water partition coefficient (Wildman–Crippen LogP) is 3.12. The summed E-state index contributed by atoms with van der Waals surface area (Å²) in [4.78, 5) is 27.2. The number of nitrogens with one attached hydrogen (secondary N) is 1. The number of carbonyl (C=O) groups excluding carboxylic acids is 2. The molecule has 25 heavy (non-hydrogen) atoms. The van der Waals surface area contributed by atoms with Crippen molar-refractivity contribution in [1.29, 1.82) is 0 Å². The average Bonchev–Trinajstić information content (AvgIpc) is 3.21. The van der Waals surface area contributed by atoms with Gasteiger partial charge in [-0.05, 0) is 48.1 Å². The van der Waals surface area contributed by atoms with Crippen molar-refractivity contribution in [3.8, 4) is 0 Å². The second kappa shape index (κ2) is 7.61. The number of hydrazone groups is 1. The molecule has 5 nitrogen and oxygen atoms in total. The zero-order valence-corrected chi connectivity index (χ0v) is 15.2. The fourth-order valence-electron chi connectivity index (χ4n) is 2.81. The first-order chi connectivity index (χ1) is 12.1. The first-order valence-electron chi connectivity index (χ1n) is 8.34. The molecule has 130 valence electrons. The minimum atomic E-state index is -0.375. The van der Waals surface area contributed by atoms with Gasteiger partial charge in [-0.15, -0.1) is 11.3 Å². The SMILES string of the molecule is CCc1ccc(N2C[C@H](C(=O)N/N=C/c3sccc3C)CC2=O)cc1. The van der Waals surface area contributed by atoms with E-state index >= 15 is 0 Å². The van der Waals surface area contributed by atoms with E-state index in [9.17, 15) is 9.59 Å². The van der Waals surface area contributed by atoms with Crippen molar-refractivity contribution in [2.45, 2.75) is 26.7 Å². The van der Waals surface area contributed by atoms with Crippen molar-refractivity contribution >= 4 is 35.1 Å². The van der Waals surface area contributed by atoms with E-state index in [0.717, 1.165) is 22.5 Å². The van der Waals surface area contributed by atoms with Crippen LogP contribution in [0, 0.1) is 12.8 Å². The normalized spacial score (nSPS) is 17.4. The van der Waals surface area contributed by atoms with E-state index in [1.807, 2.05) is 42.6 Å². The Morgan fingerprint density at radius 2 is 2.12 bits per heavy atom. The number of thiophene rings is 1. The second-order valence-electron chi connectivity index (χ2n) is 6.13. The lowest BCUT2D eigenvalue weighted by Crippen LogP contribution is -2.30. The van der Waals surface area contributed by atoms with Crippen LogP contribution in [0.4, 0.5) is 5.69 Å². The Morgan fingerprint density at radius 3 is 2.76 bits per heavy atom. The summed E-state index contributed by atoms with van der Waals surface area (Å²) in [6.45, 7) is 4.48. The van der Waals surface area contributed by atoms with E-state index in [-0.39, 0.29) is 24.2 Å². The van der Waals surface area contributed by atoms with Crippen LogP contribution in [0.25, 0.3) is 0 Å². The number of hydrogen-bond acceptors (Lipinski definition) is 4. The van der Waals surface area contributed by atoms with Crippen LogP contribution in [0.15, 0.2) is 40.8 Å². The molecule has 0 spiro atoms. The van der Waals surface area contributed by atoms with Crippen LogP contribution in [-0.4, -0.2) is 24.6 Å². The number of amides is 2. The molecule has 3 rings (SSSR count). The third-order valence-corrected chi connectivity index (χ3v) is 5.36. The van der Waals surface area contributed by atoms with Crippen LogP contribution in [0.3, 0.4) is 0 Å². The third kappa shape index (κ3) is 3.96. The Labute approximate surface area is 151 Å². The highest BCUT2D eigenvalue weighted by Gasteiger charge is 2.35. The molecule has 1 aromatic carbocycles. The summed E-state index contributed by atoms with van der Waals surface area (Å²) in [5.41, 5.74) is 5.75. The summed E-state index contributed by atoms with van der Waals surface area (Å²) in [5, 5.41) is 6.00. The highest BCUT2D eigenvalue weighted by molar-refractivity contribution is 7.11. The highest BCUT2D eigenvalue weighted by atomic mass is 32.1. The number of hydrogen-bond donors (Lipinski definition) is 1. The Balaban J connectivity index is 1.60. The van der Waals surface area contributed by atoms with Gasteiger partial charge in [0.2, 0.25) is 11.8 Å². The summed E-state index contributed by atoms with van der Waals surface area (Å²) in [6, 6.07) is 9.92. The number of anilines is 1. The predicted molar refractivity (Wildman–Crippen MR) is 101 cm³/mol. The van der Waals surface area contributed by atoms with E-state index < -0.39 is 0 Å². The summed E-state index contributed by atoms with van der Waals surface area (Å²) in [5.74, 6) is -0.617. The molecular weight excluding hydrogens is 334 g/mol. The van der Waals surface area contributed by atoms with Crippen molar-refractivity contribution in [2.75, 3.05) is 11.4 Å². The van der Waals surface area contributed by atoms with Gasteiger partial charge in [0.05, 0.1) is 12.1 Å². The van der Waals surface area contributed by atoms with E-state index in [2.05, 4.69) is 17.5 Å². The Morgan fingerprint density at radius 1 is 1.36 bits per heavy atom. The number of benzene rings is 1. The molecule has 6 heteroatoms. The zero-order valence-electron chi connectivity index (χ0n) is 14.4. The topological polar surface area (TPSA) is 61.8 Å². The van der Waals surface area contributed by atoms with Gasteiger partial charge in [0.15, 0.2) is 0 Å². The first kappa shape index (κ1) is 17.4. The maximum atomic E-state index is 12.3. The van der Waals surface area contributed by atoms with Gasteiger partial charge in [0.25, 0.3) is 0 Å². The molecule has 0 radical (unpaired) electrons. The van der Waals surface area contributed by atoms with Gasteiger partial charge in [-0.3, -0.25) is 9.59 Å². The van der Waals surface area contributed by atoms with Crippen molar-refractivity contribution in [3.05, 3.63) is 51.7 Å². The van der Waals surface area contributed by atoms with Gasteiger partial charge in [0, 0.05) is 23.5 Å². The van der Waals surface area contributed by atoms with E-state index in [4.69, 9.17) is 0 Å². The molecule has 1 aromatic heterocycles. The Bertz CT molecular complexity index is 795. The molecule has 1 aliphatic rings. The lowest BCUT2D eigenvalue weighted by atomic mass is 10.1. The molecule has 2 amide bonds. The average molecular weight is 355 g/mol. The van der Waals surface area contributed by atoms with Crippen molar-refractivity contribution in [1.82, 2.24) is 5.43 Å². The van der Waals surface area contributed by atoms with Gasteiger partial charge in [-0.1, -0.05) is 19.1 Å². The molecule has 2 heterocycles. The summed E-state index contributed by atoms with van der Waals surface area (Å²) in [7, 11) is 0. The number of aryl methyl sites for hydroxylation is 2. The van der Waals surface area contributed by atoms with Crippen LogP contribution in [0.1, 0.15) is 29.3 Å². The number of carbonyl (C=O) groups is 2. The molecule has 0 bridgehead atoms. The van der Waals surface area contributed by atoms with Gasteiger partial charge in [0.1, 0.15) is 0 Å². The smallest absolute Gasteiger partial charge is 0.245 e. The fourth-order valence-corrected chi connectivity index (χ4v) is 3.59. The largest absolute Gasteiger partial charge is 0.312 e. The Kier molecular flexibility index (Phi) is 5.28. The summed E-state index contributed by atoms with van der Waals surface area (Å²) < 4.78 is 0. The van der Waals surface area contributed by atoms with E-state index in [1.54, 1.807) is 22.5 Å². The molecule has 1 saturated heterocycles. The minimum Gasteiger partial charge on any atom is -0.312 e. The highest BCUT2D eigenvalue weighted by Crippen LogP contribution is 2.25. The van der Waals surface area contributed by atoms with Gasteiger partial charge >= 0.3 is 0 Å². The van der Waals surface area contributed by atoms with Gasteiger partial charge in [-0.25, -0.2) is 5.43 Å². The molecule has 0 saturated carbocycles. The molecule has 1 atom stereocenters. The Hall–Kier alpha value is -2.47. The maximum Gasteiger partial charge on any atom is 0.245 e. The molecule has 1 fully saturated rings. The first-order valence-corrected chi connectivity index (χ1v) is 9.22. The maximum absolute atomic E-state index is 12.3. The molecule has 1 N–H and O–H groups in total. The minimum absolute atomic E-state index is 0.0255. The van der Waals surface area contributed by atoms with Crippen LogP contribution < -0.4 is 10.3 Å². The molecule has 1 aliphatic heterocycles. The lowest BCUT2D eigenvalue weighted by molar-refractivity contribution is -0.126. The number of rotatable bonds is 5. The molecule has 2 aromatic rings. The van der Waals surface area contributed by atoms with E-state index in [1.165, 1.54) is 5.56 Å². The lowest BCUT2D eigenvalue weighted by Gasteiger charge is -2.16. The standard InChI is InChI=1S/C19H21N3O2S/c1-3-14-4-6-16(7-5-14)22-12-15(10-18(22)23)19(24)21-20-11-17-13(2)8-9-25-17/h4-9,11,15H,3,10,12H2,1-2H3,(H,21,24)/b20-11+/t15-/m1/s1. The van der Waals surface area contributed by atoms with Gasteiger partial charge in [-0.2, -0.15) is 5.10 Å². The quantitative estimate of drug-likeness (QED) is 0.662. The van der Waals surface area contributed by atoms with Gasteiger partial charge < -0.3 is 4.90 Å². The third-order valence-electron chi connectivity index (χ3n) is 4.41. The van der Waals surface area contributed by atoms with Crippen molar-refractivity contribution in [2.24, 2.45) is 11.0 Å². The van der Waals surface area contributed by atoms with Crippen LogP contribution in [0.2, 0.25) is 0 Å². The molecule has 0 aliphatic carbocycles. The monoisotopic (exact) mass is 355 g/mol. The zero-order chi connectivity index (χ0) is 17.8. The van der Waals surface area contributed by atoms with Crippen LogP contribution in [-0.2, 0) is 16.0 Å². The van der Waals surface area contributed by atoms with E-state index in [0.29, 0.717) is 6.54 Å². The van der Waals surface area contributed by atoms with Crippen LogP contribution in [0.5, 0.6) is 0 Å². The fraction of sp³-hybridized carbons (Fsp3) is 0.316. The molecular formula is C19H21N3O2S. The summed E-state index contributed by atoms with van der Waals surface area (Å²) >= 11 is 1.57. The molecule has 0 unspecified atom stereocenters. The summed E-state index contributed by atoms with van der Waals surface area (Å²) in [6.07, 6.45) is 2.83. The van der Waals surface area contributed by atoms with Crippen LogP contribution >= 0.6 is 11.3 Å². The van der Waals surface area contributed by atoms with Crippen molar-refractivity contribution in [3.63, 3.8) is 0 Å². The second-order valence-corrected chi connectivity index (χ2v) is 7.08. The number of nitrogens with zero attached hydrogens (tertiary/aromatic N) is 2.